The van der Waals surface area contributed by atoms with Crippen LogP contribution in [-0.2, 0) is 22.3 Å². The summed E-state index contributed by atoms with van der Waals surface area (Å²) in [6.45, 7) is 2.56. The molecule has 0 saturated carbocycles. The lowest BCUT2D eigenvalue weighted by Crippen LogP contribution is -2.34. The molecule has 0 bridgehead atoms. The van der Waals surface area contributed by atoms with Crippen LogP contribution in [0.4, 0.5) is 0 Å². The van der Waals surface area contributed by atoms with Crippen LogP contribution in [0.15, 0.2) is 24.3 Å². The monoisotopic (exact) mass is 331 g/mol. The highest BCUT2D eigenvalue weighted by Gasteiger charge is 2.27. The van der Waals surface area contributed by atoms with Crippen LogP contribution in [0.5, 0.6) is 0 Å². The minimum absolute atomic E-state index is 0.161. The van der Waals surface area contributed by atoms with Crippen LogP contribution in [0.25, 0.3) is 0 Å². The fourth-order valence-corrected chi connectivity index (χ4v) is 4.15. The van der Waals surface area contributed by atoms with Gasteiger partial charge in [0, 0.05) is 6.54 Å². The molecule has 23 heavy (non-hydrogen) atoms. The molecular weight excluding hydrogens is 314 g/mol. The Morgan fingerprint density at radius 1 is 1.48 bits per heavy atom. The van der Waals surface area contributed by atoms with E-state index in [0.717, 1.165) is 13.0 Å². The Balaban J connectivity index is 1.78. The molecule has 3 rings (SSSR count). The number of hydrogen-bond acceptors (Lipinski definition) is 5. The van der Waals surface area contributed by atoms with Gasteiger partial charge in [0.1, 0.15) is 11.6 Å². The molecule has 1 N–H and O–H groups in total. The molecule has 1 atom stereocenters. The number of rotatable bonds is 4. The number of aromatic nitrogens is 3. The van der Waals surface area contributed by atoms with Crippen molar-refractivity contribution < 1.29 is 8.42 Å². The Morgan fingerprint density at radius 3 is 3.09 bits per heavy atom. The Morgan fingerprint density at radius 2 is 2.30 bits per heavy atom. The summed E-state index contributed by atoms with van der Waals surface area (Å²) < 4.78 is 29.3. The fourth-order valence-electron chi connectivity index (χ4n) is 2.79. The maximum absolute atomic E-state index is 12.4. The van der Waals surface area contributed by atoms with Crippen molar-refractivity contribution in [1.82, 2.24) is 19.5 Å². The molecule has 1 aliphatic heterocycles. The molecule has 1 aliphatic rings. The van der Waals surface area contributed by atoms with Crippen molar-refractivity contribution in [3.8, 4) is 6.07 Å². The van der Waals surface area contributed by atoms with E-state index in [1.807, 2.05) is 6.07 Å². The average molecular weight is 331 g/mol. The summed E-state index contributed by atoms with van der Waals surface area (Å²) in [6, 6.07) is 8.29. The first-order chi connectivity index (χ1) is 11.0. The molecule has 0 fully saturated rings. The SMILES string of the molecule is Cc1nc2n(n1)CCCC2NS(=O)(=O)Cc1cccc(C#N)c1. The van der Waals surface area contributed by atoms with Crippen LogP contribution in [0.2, 0.25) is 0 Å². The van der Waals surface area contributed by atoms with Gasteiger partial charge in [0.25, 0.3) is 0 Å². The van der Waals surface area contributed by atoms with E-state index in [1.54, 1.807) is 35.9 Å². The zero-order valence-electron chi connectivity index (χ0n) is 12.7. The molecule has 0 radical (unpaired) electrons. The van der Waals surface area contributed by atoms with Gasteiger partial charge in [0.2, 0.25) is 10.0 Å². The van der Waals surface area contributed by atoms with Gasteiger partial charge < -0.3 is 0 Å². The number of fused-ring (bicyclic) bond motifs is 1. The average Bonchev–Trinajstić information content (AvgIpc) is 2.88. The van der Waals surface area contributed by atoms with Gasteiger partial charge in [0.05, 0.1) is 23.4 Å². The summed E-state index contributed by atoms with van der Waals surface area (Å²) in [6.07, 6.45) is 1.56. The molecule has 120 valence electrons. The Kier molecular flexibility index (Phi) is 4.15. The third-order valence-corrected chi connectivity index (χ3v) is 5.07. The number of hydrogen-bond donors (Lipinski definition) is 1. The summed E-state index contributed by atoms with van der Waals surface area (Å²) in [4.78, 5) is 4.33. The van der Waals surface area contributed by atoms with Gasteiger partial charge in [-0.2, -0.15) is 10.4 Å². The van der Waals surface area contributed by atoms with Crippen molar-refractivity contribution in [2.24, 2.45) is 0 Å². The van der Waals surface area contributed by atoms with Crippen molar-refractivity contribution in [3.05, 3.63) is 47.0 Å². The number of nitrogens with one attached hydrogen (secondary N) is 1. The molecule has 2 aromatic rings. The summed E-state index contributed by atoms with van der Waals surface area (Å²) in [7, 11) is -3.53. The van der Waals surface area contributed by atoms with Crippen molar-refractivity contribution in [2.75, 3.05) is 0 Å². The standard InChI is InChI=1S/C15H17N5O2S/c1-11-17-15-14(6-3-7-20(15)18-11)19-23(21,22)10-13-5-2-4-12(8-13)9-16/h2,4-5,8,14,19H,3,6-7,10H2,1H3. The van der Waals surface area contributed by atoms with Crippen molar-refractivity contribution in [1.29, 1.82) is 5.26 Å². The van der Waals surface area contributed by atoms with Gasteiger partial charge in [-0.05, 0) is 37.5 Å². The minimum Gasteiger partial charge on any atom is -0.248 e. The molecule has 1 aromatic heterocycles. The zero-order valence-corrected chi connectivity index (χ0v) is 13.5. The van der Waals surface area contributed by atoms with Crippen LogP contribution < -0.4 is 4.72 Å². The van der Waals surface area contributed by atoms with E-state index in [4.69, 9.17) is 5.26 Å². The summed E-state index contributed by atoms with van der Waals surface area (Å²) >= 11 is 0. The largest absolute Gasteiger partial charge is 0.248 e. The molecule has 2 heterocycles. The Bertz CT molecular complexity index is 866. The summed E-state index contributed by atoms with van der Waals surface area (Å²) in [5, 5.41) is 13.2. The second kappa shape index (κ2) is 6.10. The smallest absolute Gasteiger partial charge is 0.216 e. The minimum atomic E-state index is -3.53. The van der Waals surface area contributed by atoms with E-state index in [0.29, 0.717) is 29.2 Å². The van der Waals surface area contributed by atoms with Crippen LogP contribution in [0.1, 0.15) is 41.7 Å². The molecule has 0 saturated heterocycles. The maximum atomic E-state index is 12.4. The lowest BCUT2D eigenvalue weighted by molar-refractivity contribution is 0.399. The number of aryl methyl sites for hydroxylation is 2. The molecule has 0 aliphatic carbocycles. The second-order valence-corrected chi connectivity index (χ2v) is 7.38. The van der Waals surface area contributed by atoms with Crippen LogP contribution in [0, 0.1) is 18.3 Å². The molecule has 0 amide bonds. The lowest BCUT2D eigenvalue weighted by atomic mass is 10.1. The third kappa shape index (κ3) is 3.57. The topological polar surface area (TPSA) is 101 Å². The highest BCUT2D eigenvalue weighted by molar-refractivity contribution is 7.88. The van der Waals surface area contributed by atoms with Crippen LogP contribution >= 0.6 is 0 Å². The number of nitrogens with zero attached hydrogens (tertiary/aromatic N) is 4. The van der Waals surface area contributed by atoms with Crippen LogP contribution in [-0.4, -0.2) is 23.2 Å². The number of nitriles is 1. The van der Waals surface area contributed by atoms with E-state index >= 15 is 0 Å². The lowest BCUT2D eigenvalue weighted by Gasteiger charge is -2.23. The summed E-state index contributed by atoms with van der Waals surface area (Å²) in [5.74, 6) is 1.16. The highest BCUT2D eigenvalue weighted by atomic mass is 32.2. The highest BCUT2D eigenvalue weighted by Crippen LogP contribution is 2.24. The first-order valence-corrected chi connectivity index (χ1v) is 9.02. The normalized spacial score (nSPS) is 17.5. The van der Waals surface area contributed by atoms with Gasteiger partial charge in [0.15, 0.2) is 0 Å². The molecule has 0 spiro atoms. The van der Waals surface area contributed by atoms with E-state index in [9.17, 15) is 8.42 Å². The van der Waals surface area contributed by atoms with E-state index in [2.05, 4.69) is 14.8 Å². The Labute approximate surface area is 135 Å². The van der Waals surface area contributed by atoms with Gasteiger partial charge in [-0.15, -0.1) is 0 Å². The van der Waals surface area contributed by atoms with Crippen molar-refractivity contribution >= 4 is 10.0 Å². The quantitative estimate of drug-likeness (QED) is 0.913. The van der Waals surface area contributed by atoms with Gasteiger partial charge in [-0.1, -0.05) is 12.1 Å². The molecular formula is C15H17N5O2S. The predicted molar refractivity (Wildman–Crippen MR) is 83.7 cm³/mol. The maximum Gasteiger partial charge on any atom is 0.216 e. The number of sulfonamides is 1. The van der Waals surface area contributed by atoms with E-state index < -0.39 is 10.0 Å². The number of benzene rings is 1. The Hall–Kier alpha value is -2.24. The molecule has 1 unspecified atom stereocenters. The zero-order chi connectivity index (χ0) is 16.4. The molecule has 1 aromatic carbocycles. The third-order valence-electron chi connectivity index (χ3n) is 3.72. The fraction of sp³-hybridized carbons (Fsp3) is 0.400. The van der Waals surface area contributed by atoms with E-state index in [1.165, 1.54) is 0 Å². The second-order valence-electron chi connectivity index (χ2n) is 5.62. The van der Waals surface area contributed by atoms with Gasteiger partial charge in [-0.3, -0.25) is 0 Å². The first-order valence-electron chi connectivity index (χ1n) is 7.37. The van der Waals surface area contributed by atoms with Crippen molar-refractivity contribution in [2.45, 2.75) is 38.1 Å². The molecule has 7 nitrogen and oxygen atoms in total. The van der Waals surface area contributed by atoms with Gasteiger partial charge >= 0.3 is 0 Å². The van der Waals surface area contributed by atoms with E-state index in [-0.39, 0.29) is 11.8 Å². The molecule has 8 heteroatoms. The van der Waals surface area contributed by atoms with Gasteiger partial charge in [-0.25, -0.2) is 22.8 Å². The van der Waals surface area contributed by atoms with Crippen molar-refractivity contribution in [3.63, 3.8) is 0 Å². The summed E-state index contributed by atoms with van der Waals surface area (Å²) in [5.41, 5.74) is 1.04. The predicted octanol–water partition coefficient (Wildman–Crippen LogP) is 1.41. The van der Waals surface area contributed by atoms with Crippen LogP contribution in [0.3, 0.4) is 0 Å². The first kappa shape index (κ1) is 15.6.